The molecule has 3 aromatic rings. The number of aryl methyl sites for hydroxylation is 1. The van der Waals surface area contributed by atoms with Gasteiger partial charge in [0, 0.05) is 16.7 Å². The number of fused-ring (bicyclic) bond motifs is 1. The summed E-state index contributed by atoms with van der Waals surface area (Å²) in [4.78, 5) is 29.0. The van der Waals surface area contributed by atoms with Crippen LogP contribution in [0.25, 0.3) is 5.65 Å². The molecular weight excluding hydrogens is 448 g/mol. The third-order valence-electron chi connectivity index (χ3n) is 3.14. The predicted octanol–water partition coefficient (Wildman–Crippen LogP) is 3.95. The van der Waals surface area contributed by atoms with Crippen LogP contribution in [0.4, 0.5) is 0 Å². The van der Waals surface area contributed by atoms with Crippen LogP contribution < -0.4 is 5.56 Å². The molecule has 0 aliphatic heterocycles. The van der Waals surface area contributed by atoms with Crippen LogP contribution in [0.5, 0.6) is 0 Å². The molecule has 0 N–H and O–H groups in total. The first-order chi connectivity index (χ1) is 11.0. The van der Waals surface area contributed by atoms with E-state index in [1.807, 2.05) is 13.0 Å². The molecule has 0 amide bonds. The fourth-order valence-corrected chi connectivity index (χ4v) is 3.97. The average Bonchev–Trinajstić information content (AvgIpc) is 2.85. The lowest BCUT2D eigenvalue weighted by atomic mass is 10.3. The number of halogens is 2. The SMILES string of the molecule is Cc1cccn2c(=O)cc(COC(=O)c3cc(Br)c(Br)s3)nc12. The molecule has 0 fully saturated rings. The molecule has 0 aliphatic rings. The highest BCUT2D eigenvalue weighted by molar-refractivity contribution is 9.13. The minimum atomic E-state index is -0.451. The number of nitrogens with zero attached hydrogens (tertiary/aromatic N) is 2. The van der Waals surface area contributed by atoms with Gasteiger partial charge < -0.3 is 4.74 Å². The van der Waals surface area contributed by atoms with Crippen LogP contribution in [0.1, 0.15) is 20.9 Å². The van der Waals surface area contributed by atoms with E-state index in [4.69, 9.17) is 4.74 Å². The maximum atomic E-state index is 12.1. The Hall–Kier alpha value is -1.51. The van der Waals surface area contributed by atoms with Gasteiger partial charge >= 0.3 is 5.97 Å². The fraction of sp³-hybridized carbons (Fsp3) is 0.133. The van der Waals surface area contributed by atoms with Gasteiger partial charge in [-0.1, -0.05) is 6.07 Å². The van der Waals surface area contributed by atoms with E-state index in [9.17, 15) is 9.59 Å². The number of hydrogen-bond donors (Lipinski definition) is 0. The Labute approximate surface area is 152 Å². The number of ether oxygens (including phenoxy) is 1. The number of thiophene rings is 1. The lowest BCUT2D eigenvalue weighted by Crippen LogP contribution is -2.17. The van der Waals surface area contributed by atoms with Gasteiger partial charge in [0.2, 0.25) is 0 Å². The van der Waals surface area contributed by atoms with Gasteiger partial charge in [-0.2, -0.15) is 0 Å². The smallest absolute Gasteiger partial charge is 0.348 e. The molecule has 3 aromatic heterocycles. The summed E-state index contributed by atoms with van der Waals surface area (Å²) in [6.07, 6.45) is 1.66. The summed E-state index contributed by atoms with van der Waals surface area (Å²) in [5.41, 5.74) is 1.66. The van der Waals surface area contributed by atoms with E-state index in [0.29, 0.717) is 16.2 Å². The Morgan fingerprint density at radius 3 is 2.87 bits per heavy atom. The zero-order chi connectivity index (χ0) is 16.6. The Kier molecular flexibility index (Phi) is 4.65. The van der Waals surface area contributed by atoms with Crippen molar-refractivity contribution in [2.24, 2.45) is 0 Å². The van der Waals surface area contributed by atoms with E-state index < -0.39 is 5.97 Å². The van der Waals surface area contributed by atoms with Crippen LogP contribution in [-0.2, 0) is 11.3 Å². The first-order valence-corrected chi connectivity index (χ1v) is 8.96. The highest BCUT2D eigenvalue weighted by Gasteiger charge is 2.14. The summed E-state index contributed by atoms with van der Waals surface area (Å²) in [5.74, 6) is -0.451. The van der Waals surface area contributed by atoms with E-state index in [1.165, 1.54) is 21.8 Å². The van der Waals surface area contributed by atoms with E-state index >= 15 is 0 Å². The number of esters is 1. The molecule has 118 valence electrons. The molecule has 0 aliphatic carbocycles. The second-order valence-corrected chi connectivity index (χ2v) is 8.00. The molecule has 0 atom stereocenters. The van der Waals surface area contributed by atoms with Crippen LogP contribution in [0, 0.1) is 6.92 Å². The van der Waals surface area contributed by atoms with Crippen LogP contribution in [0.15, 0.2) is 43.5 Å². The van der Waals surface area contributed by atoms with Crippen molar-refractivity contribution in [2.45, 2.75) is 13.5 Å². The number of aromatic nitrogens is 2. The first-order valence-electron chi connectivity index (χ1n) is 6.55. The van der Waals surface area contributed by atoms with Gasteiger partial charge in [-0.3, -0.25) is 9.20 Å². The molecule has 0 aromatic carbocycles. The maximum Gasteiger partial charge on any atom is 0.348 e. The van der Waals surface area contributed by atoms with Gasteiger partial charge in [0.05, 0.1) is 9.48 Å². The van der Waals surface area contributed by atoms with Gasteiger partial charge in [-0.25, -0.2) is 9.78 Å². The third kappa shape index (κ3) is 3.39. The van der Waals surface area contributed by atoms with Crippen molar-refractivity contribution in [1.29, 1.82) is 0 Å². The lowest BCUT2D eigenvalue weighted by molar-refractivity contribution is 0.0473. The van der Waals surface area contributed by atoms with Crippen molar-refractivity contribution in [3.63, 3.8) is 0 Å². The Balaban J connectivity index is 1.83. The quantitative estimate of drug-likeness (QED) is 0.558. The summed E-state index contributed by atoms with van der Waals surface area (Å²) in [7, 11) is 0. The third-order valence-corrected chi connectivity index (χ3v) is 6.37. The summed E-state index contributed by atoms with van der Waals surface area (Å²) >= 11 is 7.93. The molecule has 23 heavy (non-hydrogen) atoms. The van der Waals surface area contributed by atoms with Crippen molar-refractivity contribution in [3.8, 4) is 0 Å². The largest absolute Gasteiger partial charge is 0.455 e. The van der Waals surface area contributed by atoms with Crippen molar-refractivity contribution < 1.29 is 9.53 Å². The normalized spacial score (nSPS) is 10.9. The molecule has 0 bridgehead atoms. The van der Waals surface area contributed by atoms with E-state index in [1.54, 1.807) is 18.3 Å². The maximum absolute atomic E-state index is 12.1. The average molecular weight is 458 g/mol. The van der Waals surface area contributed by atoms with Gasteiger partial charge in [0.15, 0.2) is 0 Å². The highest BCUT2D eigenvalue weighted by atomic mass is 79.9. The molecular formula is C15H10Br2N2O3S. The number of rotatable bonds is 3. The second kappa shape index (κ2) is 6.54. The van der Waals surface area contributed by atoms with Crippen molar-refractivity contribution in [2.75, 3.05) is 0 Å². The summed E-state index contributed by atoms with van der Waals surface area (Å²) < 4.78 is 8.33. The molecule has 0 spiro atoms. The number of hydrogen-bond acceptors (Lipinski definition) is 5. The summed E-state index contributed by atoms with van der Waals surface area (Å²) in [6, 6.07) is 6.72. The molecule has 8 heteroatoms. The van der Waals surface area contributed by atoms with Gasteiger partial charge in [0.25, 0.3) is 5.56 Å². The number of pyridine rings is 1. The predicted molar refractivity (Wildman–Crippen MR) is 95.0 cm³/mol. The van der Waals surface area contributed by atoms with Gasteiger partial charge in [0.1, 0.15) is 17.1 Å². The topological polar surface area (TPSA) is 60.7 Å². The lowest BCUT2D eigenvalue weighted by Gasteiger charge is -2.06. The molecule has 0 radical (unpaired) electrons. The van der Waals surface area contributed by atoms with Crippen molar-refractivity contribution in [3.05, 3.63) is 65.2 Å². The van der Waals surface area contributed by atoms with Crippen LogP contribution in [0.3, 0.4) is 0 Å². The first kappa shape index (κ1) is 16.4. The van der Waals surface area contributed by atoms with Crippen LogP contribution in [-0.4, -0.2) is 15.4 Å². The van der Waals surface area contributed by atoms with E-state index in [-0.39, 0.29) is 12.2 Å². The minimum absolute atomic E-state index is 0.0496. The molecule has 3 rings (SSSR count). The van der Waals surface area contributed by atoms with Gasteiger partial charge in [-0.05, 0) is 56.5 Å². The van der Waals surface area contributed by atoms with Crippen molar-refractivity contribution in [1.82, 2.24) is 9.38 Å². The summed E-state index contributed by atoms with van der Waals surface area (Å²) in [5, 5.41) is 0. The van der Waals surface area contributed by atoms with Crippen LogP contribution >= 0.6 is 43.2 Å². The van der Waals surface area contributed by atoms with Gasteiger partial charge in [-0.15, -0.1) is 11.3 Å². The zero-order valence-electron chi connectivity index (χ0n) is 11.9. The molecule has 0 unspecified atom stereocenters. The Morgan fingerprint density at radius 1 is 1.39 bits per heavy atom. The van der Waals surface area contributed by atoms with E-state index in [0.717, 1.165) is 13.8 Å². The molecule has 3 heterocycles. The summed E-state index contributed by atoms with van der Waals surface area (Å²) in [6.45, 7) is 1.82. The minimum Gasteiger partial charge on any atom is -0.455 e. The highest BCUT2D eigenvalue weighted by Crippen LogP contribution is 2.32. The fourth-order valence-electron chi connectivity index (χ4n) is 2.04. The molecule has 0 saturated heterocycles. The van der Waals surface area contributed by atoms with E-state index in [2.05, 4.69) is 36.8 Å². The molecule has 0 saturated carbocycles. The number of carbonyl (C=O) groups is 1. The number of carbonyl (C=O) groups excluding carboxylic acids is 1. The standard InChI is InChI=1S/C15H10Br2N2O3S/c1-8-3-2-4-19-12(20)5-9(18-14(8)19)7-22-15(21)11-6-10(16)13(17)23-11/h2-6H,7H2,1H3. The van der Waals surface area contributed by atoms with Crippen LogP contribution in [0.2, 0.25) is 0 Å². The zero-order valence-corrected chi connectivity index (χ0v) is 15.9. The monoisotopic (exact) mass is 456 g/mol. The molecule has 5 nitrogen and oxygen atoms in total. The Morgan fingerprint density at radius 2 is 2.17 bits per heavy atom. The van der Waals surface area contributed by atoms with Crippen molar-refractivity contribution >= 4 is 54.8 Å². The second-order valence-electron chi connectivity index (χ2n) is 4.78. The Bertz CT molecular complexity index is 946.